The maximum absolute atomic E-state index is 15.0. The second-order valence-corrected chi connectivity index (χ2v) is 11.5. The number of amides is 1. The highest BCUT2D eigenvalue weighted by Crippen LogP contribution is 2.39. The molecule has 1 amide bonds. The first-order valence-electron chi connectivity index (χ1n) is 13.0. The van der Waals surface area contributed by atoms with Crippen molar-refractivity contribution in [2.75, 3.05) is 20.3 Å². The zero-order valence-electron chi connectivity index (χ0n) is 22.0. The van der Waals surface area contributed by atoms with Crippen LogP contribution < -0.4 is 4.74 Å². The third kappa shape index (κ3) is 7.03. The molecule has 202 valence electrons. The van der Waals surface area contributed by atoms with Crippen molar-refractivity contribution >= 4 is 44.5 Å². The molecule has 0 unspecified atom stereocenters. The van der Waals surface area contributed by atoms with Gasteiger partial charge in [-0.25, -0.2) is 4.39 Å². The van der Waals surface area contributed by atoms with Crippen molar-refractivity contribution in [2.24, 2.45) is 5.92 Å². The van der Waals surface area contributed by atoms with Gasteiger partial charge in [-0.1, -0.05) is 24.4 Å². The van der Waals surface area contributed by atoms with Crippen molar-refractivity contribution in [3.05, 3.63) is 71.8 Å². The Labute approximate surface area is 236 Å². The maximum atomic E-state index is 15.0. The summed E-state index contributed by atoms with van der Waals surface area (Å²) in [5.74, 6) is 1.01. The van der Waals surface area contributed by atoms with Gasteiger partial charge in [-0.05, 0) is 65.4 Å². The van der Waals surface area contributed by atoms with Gasteiger partial charge in [0.1, 0.15) is 5.75 Å². The van der Waals surface area contributed by atoms with Crippen LogP contribution >= 0.6 is 23.6 Å². The monoisotopic (exact) mass is 563 g/mol. The Morgan fingerprint density at radius 3 is 2.64 bits per heavy atom. The van der Waals surface area contributed by atoms with E-state index in [0.29, 0.717) is 31.9 Å². The molecule has 4 aromatic rings. The van der Waals surface area contributed by atoms with Gasteiger partial charge >= 0.3 is 0 Å². The predicted molar refractivity (Wildman–Crippen MR) is 156 cm³/mol. The van der Waals surface area contributed by atoms with Crippen LogP contribution in [0.3, 0.4) is 0 Å². The van der Waals surface area contributed by atoms with Gasteiger partial charge in [0, 0.05) is 52.0 Å². The zero-order valence-corrected chi connectivity index (χ0v) is 23.6. The van der Waals surface area contributed by atoms with Gasteiger partial charge in [-0.2, -0.15) is 0 Å². The highest BCUT2D eigenvalue weighted by Gasteiger charge is 2.22. The number of ether oxygens (including phenoxy) is 2. The number of fused-ring (bicyclic) bond motifs is 1. The molecule has 0 radical (unpaired) electrons. The summed E-state index contributed by atoms with van der Waals surface area (Å²) in [5, 5.41) is 0. The summed E-state index contributed by atoms with van der Waals surface area (Å²) in [6, 6.07) is 12.7. The normalized spacial score (nSPS) is 13.0. The number of aromatic nitrogens is 2. The third-order valence-corrected chi connectivity index (χ3v) is 8.14. The smallest absolute Gasteiger partial charge is 0.219 e. The molecule has 3 aromatic heterocycles. The fourth-order valence-corrected chi connectivity index (χ4v) is 5.80. The number of methoxy groups -OCH3 is 1. The number of thiocarbonyl (C=S) groups is 1. The standard InChI is InChI=1S/C30H30FN3O3S2/c1-19(35)34(11-12-36-2)18-22-5-7-25(33-17-22)29-16-26-30(39-29)28(9-10-32-26)37-27-8-6-21(15-24(27)31)14-23(38)13-20-3-4-20/h5-10,15-17,20H,3-4,11-14,18H2,1-2H3. The maximum Gasteiger partial charge on any atom is 0.219 e. The van der Waals surface area contributed by atoms with E-state index in [9.17, 15) is 9.18 Å². The number of hydrogen-bond donors (Lipinski definition) is 0. The van der Waals surface area contributed by atoms with Crippen molar-refractivity contribution in [3.8, 4) is 22.1 Å². The molecule has 1 aliphatic rings. The third-order valence-electron chi connectivity index (χ3n) is 6.67. The molecule has 3 heterocycles. The van der Waals surface area contributed by atoms with E-state index in [2.05, 4.69) is 9.97 Å². The van der Waals surface area contributed by atoms with E-state index in [-0.39, 0.29) is 11.7 Å². The lowest BCUT2D eigenvalue weighted by molar-refractivity contribution is -0.130. The molecule has 0 N–H and O–H groups in total. The quantitative estimate of drug-likeness (QED) is 0.173. The second-order valence-electron chi connectivity index (χ2n) is 9.85. The van der Waals surface area contributed by atoms with Crippen LogP contribution in [-0.2, 0) is 22.5 Å². The highest BCUT2D eigenvalue weighted by molar-refractivity contribution is 7.80. The molecule has 0 spiro atoms. The number of pyridine rings is 2. The Kier molecular flexibility index (Phi) is 8.60. The molecule has 5 rings (SSSR count). The topological polar surface area (TPSA) is 64.6 Å². The molecule has 9 heteroatoms. The van der Waals surface area contributed by atoms with Crippen LogP contribution in [0.1, 0.15) is 37.3 Å². The van der Waals surface area contributed by atoms with E-state index in [1.54, 1.807) is 43.5 Å². The Hall–Kier alpha value is -3.27. The number of rotatable bonds is 12. The average molecular weight is 564 g/mol. The first-order valence-corrected chi connectivity index (χ1v) is 14.2. The van der Waals surface area contributed by atoms with Gasteiger partial charge in [-0.15, -0.1) is 11.3 Å². The summed E-state index contributed by atoms with van der Waals surface area (Å²) in [6.07, 6.45) is 7.51. The van der Waals surface area contributed by atoms with Crippen molar-refractivity contribution in [1.82, 2.24) is 14.9 Å². The predicted octanol–water partition coefficient (Wildman–Crippen LogP) is 7.00. The first-order chi connectivity index (χ1) is 18.9. The van der Waals surface area contributed by atoms with Gasteiger partial charge in [0.15, 0.2) is 11.6 Å². The summed E-state index contributed by atoms with van der Waals surface area (Å²) < 4.78 is 26.9. The number of thiophene rings is 1. The first kappa shape index (κ1) is 27.3. The van der Waals surface area contributed by atoms with Crippen LogP contribution in [0.2, 0.25) is 0 Å². The van der Waals surface area contributed by atoms with E-state index in [1.807, 2.05) is 24.3 Å². The van der Waals surface area contributed by atoms with Crippen LogP contribution in [-0.4, -0.2) is 45.9 Å². The van der Waals surface area contributed by atoms with Crippen LogP contribution in [0.5, 0.6) is 11.5 Å². The van der Waals surface area contributed by atoms with E-state index in [0.717, 1.165) is 49.1 Å². The van der Waals surface area contributed by atoms with Crippen molar-refractivity contribution in [2.45, 2.75) is 39.2 Å². The summed E-state index contributed by atoms with van der Waals surface area (Å²) in [6.45, 7) is 3.02. The lowest BCUT2D eigenvalue weighted by atomic mass is 10.1. The van der Waals surface area contributed by atoms with Gasteiger partial charge in [0.05, 0.1) is 27.4 Å². The van der Waals surface area contributed by atoms with Gasteiger partial charge in [0.2, 0.25) is 5.91 Å². The fraction of sp³-hybridized carbons (Fsp3) is 0.333. The molecule has 0 atom stereocenters. The van der Waals surface area contributed by atoms with Gasteiger partial charge in [-0.3, -0.25) is 14.8 Å². The Morgan fingerprint density at radius 1 is 1.13 bits per heavy atom. The van der Waals surface area contributed by atoms with E-state index >= 15 is 0 Å². The van der Waals surface area contributed by atoms with Crippen molar-refractivity contribution in [1.29, 1.82) is 0 Å². The molecule has 6 nitrogen and oxygen atoms in total. The summed E-state index contributed by atoms with van der Waals surface area (Å²) in [7, 11) is 1.62. The van der Waals surface area contributed by atoms with Crippen LogP contribution in [0.4, 0.5) is 4.39 Å². The SMILES string of the molecule is COCCN(Cc1ccc(-c2cc3nccc(Oc4ccc(CC(=S)CC5CC5)cc4F)c3s2)nc1)C(C)=O. The van der Waals surface area contributed by atoms with Crippen LogP contribution in [0.15, 0.2) is 54.9 Å². The summed E-state index contributed by atoms with van der Waals surface area (Å²) in [5.41, 5.74) is 3.34. The molecule has 1 saturated carbocycles. The van der Waals surface area contributed by atoms with Gasteiger partial charge in [0.25, 0.3) is 0 Å². The molecule has 39 heavy (non-hydrogen) atoms. The zero-order chi connectivity index (χ0) is 27.4. The lowest BCUT2D eigenvalue weighted by Gasteiger charge is -2.20. The van der Waals surface area contributed by atoms with E-state index < -0.39 is 5.82 Å². The minimum atomic E-state index is -0.411. The minimum Gasteiger partial charge on any atom is -0.453 e. The molecule has 0 aliphatic heterocycles. The van der Waals surface area contributed by atoms with E-state index in [4.69, 9.17) is 21.7 Å². The molecule has 1 aliphatic carbocycles. The number of carbonyl (C=O) groups excluding carboxylic acids is 1. The Balaban J connectivity index is 1.30. The van der Waals surface area contributed by atoms with Gasteiger partial charge < -0.3 is 14.4 Å². The molecule has 1 fully saturated rings. The number of benzene rings is 1. The lowest BCUT2D eigenvalue weighted by Crippen LogP contribution is -2.31. The summed E-state index contributed by atoms with van der Waals surface area (Å²) in [4.78, 5) is 24.6. The minimum absolute atomic E-state index is 0.0117. The Morgan fingerprint density at radius 2 is 1.95 bits per heavy atom. The molecule has 1 aromatic carbocycles. The van der Waals surface area contributed by atoms with Crippen LogP contribution in [0, 0.1) is 11.7 Å². The highest BCUT2D eigenvalue weighted by atomic mass is 32.1. The fourth-order valence-electron chi connectivity index (χ4n) is 4.35. The molecular weight excluding hydrogens is 533 g/mol. The molecule has 0 bridgehead atoms. The largest absolute Gasteiger partial charge is 0.453 e. The van der Waals surface area contributed by atoms with Crippen LogP contribution in [0.25, 0.3) is 20.8 Å². The molecular formula is C30H30FN3O3S2. The average Bonchev–Trinajstić information content (AvgIpc) is 3.61. The van der Waals surface area contributed by atoms with Crippen molar-refractivity contribution < 1.29 is 18.7 Å². The Bertz CT molecular complexity index is 1480. The second kappa shape index (κ2) is 12.3. The summed E-state index contributed by atoms with van der Waals surface area (Å²) >= 11 is 6.99. The number of carbonyl (C=O) groups is 1. The number of nitrogens with zero attached hydrogens (tertiary/aromatic N) is 3. The molecule has 0 saturated heterocycles. The number of halogens is 1. The van der Waals surface area contributed by atoms with E-state index in [1.165, 1.54) is 30.2 Å². The number of hydrogen-bond acceptors (Lipinski definition) is 7. The van der Waals surface area contributed by atoms with Crippen molar-refractivity contribution in [3.63, 3.8) is 0 Å².